The number of nitrogens with one attached hydrogen (secondary N) is 1. The lowest BCUT2D eigenvalue weighted by molar-refractivity contribution is -0.275. The van der Waals surface area contributed by atoms with Gasteiger partial charge in [0.1, 0.15) is 12.1 Å². The molecule has 0 fully saturated rings. The van der Waals surface area contributed by atoms with E-state index in [9.17, 15) is 9.59 Å². The number of carbonyl (C=O) groups is 2. The van der Waals surface area contributed by atoms with Gasteiger partial charge in [-0.15, -0.1) is 0 Å². The zero-order valence-corrected chi connectivity index (χ0v) is 10.2. The highest BCUT2D eigenvalue weighted by Gasteiger charge is 2.13. The van der Waals surface area contributed by atoms with Gasteiger partial charge in [-0.1, -0.05) is 0 Å². The number of carboxylic acid groups (broad SMARTS) is 1. The molecule has 2 unspecified atom stereocenters. The van der Waals surface area contributed by atoms with Crippen molar-refractivity contribution in [3.05, 3.63) is 0 Å². The summed E-state index contributed by atoms with van der Waals surface area (Å²) in [5.74, 6) is -1.30. The van der Waals surface area contributed by atoms with Crippen LogP contribution in [0.5, 0.6) is 0 Å². The van der Waals surface area contributed by atoms with Crippen LogP contribution in [-0.2, 0) is 14.5 Å². The van der Waals surface area contributed by atoms with Crippen molar-refractivity contribution in [3.8, 4) is 0 Å². The number of carboxylic acids is 1. The second-order valence-corrected chi connectivity index (χ2v) is 3.96. The molecule has 18 heavy (non-hydrogen) atoms. The molecule has 0 aromatic carbocycles. The van der Waals surface area contributed by atoms with E-state index in [-0.39, 0.29) is 18.9 Å². The highest BCUT2D eigenvalue weighted by molar-refractivity contribution is 5.76. The zero-order chi connectivity index (χ0) is 14.0. The predicted molar refractivity (Wildman–Crippen MR) is 63.6 cm³/mol. The first-order valence-electron chi connectivity index (χ1n) is 5.76. The summed E-state index contributed by atoms with van der Waals surface area (Å²) < 4.78 is 0. The summed E-state index contributed by atoms with van der Waals surface area (Å²) in [4.78, 5) is 25.7. The molecule has 0 aliphatic carbocycles. The molecule has 0 saturated carbocycles. The quantitative estimate of drug-likeness (QED) is 0.191. The summed E-state index contributed by atoms with van der Waals surface area (Å²) in [5, 5.41) is 19.5. The number of hydrogen-bond acceptors (Lipinski definition) is 6. The minimum absolute atomic E-state index is 0.0123. The molecule has 0 aliphatic heterocycles. The number of nitrogens with two attached hydrogens (primary N) is 2. The number of unbranched alkanes of at least 4 members (excludes halogenated alkanes) is 1. The van der Waals surface area contributed by atoms with Crippen LogP contribution in [-0.4, -0.2) is 47.5 Å². The van der Waals surface area contributed by atoms with Crippen LogP contribution >= 0.6 is 0 Å². The fourth-order valence-electron chi connectivity index (χ4n) is 1.28. The molecule has 8 nitrogen and oxygen atoms in total. The van der Waals surface area contributed by atoms with E-state index in [0.29, 0.717) is 25.8 Å². The fourth-order valence-corrected chi connectivity index (χ4v) is 1.28. The third kappa shape index (κ3) is 7.96. The first kappa shape index (κ1) is 16.8. The first-order valence-corrected chi connectivity index (χ1v) is 5.76. The van der Waals surface area contributed by atoms with E-state index in [1.165, 1.54) is 0 Å². The maximum absolute atomic E-state index is 11.3. The van der Waals surface area contributed by atoms with E-state index in [2.05, 4.69) is 10.2 Å². The van der Waals surface area contributed by atoms with E-state index >= 15 is 0 Å². The van der Waals surface area contributed by atoms with Crippen LogP contribution in [0.15, 0.2) is 0 Å². The molecule has 8 heteroatoms. The molecule has 7 N–H and O–H groups in total. The van der Waals surface area contributed by atoms with Crippen molar-refractivity contribution in [2.24, 2.45) is 11.5 Å². The summed E-state index contributed by atoms with van der Waals surface area (Å²) in [6.07, 6.45) is 0.910. The maximum Gasteiger partial charge on any atom is 0.320 e. The van der Waals surface area contributed by atoms with Gasteiger partial charge in [0.15, 0.2) is 0 Å². The Bertz CT molecular complexity index is 258. The van der Waals surface area contributed by atoms with Crippen molar-refractivity contribution < 1.29 is 24.8 Å². The van der Waals surface area contributed by atoms with Crippen molar-refractivity contribution in [3.63, 3.8) is 0 Å². The van der Waals surface area contributed by atoms with Crippen LogP contribution in [0.25, 0.3) is 0 Å². The van der Waals surface area contributed by atoms with Gasteiger partial charge < -0.3 is 21.9 Å². The number of aliphatic carboxylic acids is 1. The summed E-state index contributed by atoms with van der Waals surface area (Å²) in [6.45, 7) is 0.477. The average molecular weight is 263 g/mol. The second kappa shape index (κ2) is 9.77. The second-order valence-electron chi connectivity index (χ2n) is 3.96. The van der Waals surface area contributed by atoms with Gasteiger partial charge in [-0.3, -0.25) is 14.8 Å². The SMILES string of the molecule is NCC(CC(=O)NCCCCC(N)C(=O)O)OO. The number of carbonyl (C=O) groups excluding carboxylic acids is 1. The highest BCUT2D eigenvalue weighted by atomic mass is 17.1. The van der Waals surface area contributed by atoms with Gasteiger partial charge in [-0.05, 0) is 19.3 Å². The van der Waals surface area contributed by atoms with Gasteiger partial charge in [-0.2, -0.15) is 0 Å². The van der Waals surface area contributed by atoms with Gasteiger partial charge in [-0.25, -0.2) is 4.89 Å². The third-order valence-electron chi connectivity index (χ3n) is 2.41. The molecular formula is C10H21N3O5. The highest BCUT2D eigenvalue weighted by Crippen LogP contribution is 1.99. The Morgan fingerprint density at radius 3 is 2.50 bits per heavy atom. The van der Waals surface area contributed by atoms with E-state index < -0.39 is 18.1 Å². The fraction of sp³-hybridized carbons (Fsp3) is 0.800. The molecule has 0 aliphatic rings. The molecule has 0 spiro atoms. The summed E-state index contributed by atoms with van der Waals surface area (Å²) in [5.41, 5.74) is 10.6. The summed E-state index contributed by atoms with van der Waals surface area (Å²) in [7, 11) is 0. The minimum Gasteiger partial charge on any atom is -0.480 e. The number of amides is 1. The van der Waals surface area contributed by atoms with Crippen LogP contribution in [0.4, 0.5) is 0 Å². The first-order chi connectivity index (χ1) is 8.51. The van der Waals surface area contributed by atoms with Crippen LogP contribution < -0.4 is 16.8 Å². The zero-order valence-electron chi connectivity index (χ0n) is 10.2. The Hall–Kier alpha value is -1.22. The summed E-state index contributed by atoms with van der Waals surface area (Å²) in [6, 6.07) is -0.856. The van der Waals surface area contributed by atoms with Gasteiger partial charge in [0.05, 0.1) is 6.42 Å². The molecule has 0 bridgehead atoms. The van der Waals surface area contributed by atoms with Crippen molar-refractivity contribution >= 4 is 11.9 Å². The van der Waals surface area contributed by atoms with Gasteiger partial charge in [0, 0.05) is 13.1 Å². The van der Waals surface area contributed by atoms with E-state index in [1.807, 2.05) is 0 Å². The molecule has 1 amide bonds. The van der Waals surface area contributed by atoms with Gasteiger partial charge >= 0.3 is 5.97 Å². The van der Waals surface area contributed by atoms with Crippen LogP contribution in [0.1, 0.15) is 25.7 Å². The molecule has 0 heterocycles. The molecule has 0 saturated heterocycles. The number of hydrogen-bond donors (Lipinski definition) is 5. The monoisotopic (exact) mass is 263 g/mol. The molecule has 106 valence electrons. The van der Waals surface area contributed by atoms with Crippen LogP contribution in [0, 0.1) is 0 Å². The lowest BCUT2D eigenvalue weighted by Gasteiger charge is -2.11. The van der Waals surface area contributed by atoms with Crippen LogP contribution in [0.2, 0.25) is 0 Å². The Morgan fingerprint density at radius 2 is 2.00 bits per heavy atom. The van der Waals surface area contributed by atoms with E-state index in [0.717, 1.165) is 0 Å². The lowest BCUT2D eigenvalue weighted by atomic mass is 10.1. The summed E-state index contributed by atoms with van der Waals surface area (Å²) >= 11 is 0. The Morgan fingerprint density at radius 1 is 1.33 bits per heavy atom. The van der Waals surface area contributed by atoms with Crippen molar-refractivity contribution in [1.82, 2.24) is 5.32 Å². The molecule has 0 rings (SSSR count). The normalized spacial score (nSPS) is 13.9. The topological polar surface area (TPSA) is 148 Å². The molecular weight excluding hydrogens is 242 g/mol. The Balaban J connectivity index is 3.54. The lowest BCUT2D eigenvalue weighted by Crippen LogP contribution is -2.33. The predicted octanol–water partition coefficient (Wildman–Crippen LogP) is -1.11. The number of rotatable bonds is 10. The largest absolute Gasteiger partial charge is 0.480 e. The van der Waals surface area contributed by atoms with Crippen LogP contribution in [0.3, 0.4) is 0 Å². The Kier molecular flexibility index (Phi) is 9.11. The van der Waals surface area contributed by atoms with Crippen molar-refractivity contribution in [2.75, 3.05) is 13.1 Å². The molecule has 0 radical (unpaired) electrons. The van der Waals surface area contributed by atoms with Gasteiger partial charge in [0.25, 0.3) is 0 Å². The average Bonchev–Trinajstić information content (AvgIpc) is 2.35. The van der Waals surface area contributed by atoms with Crippen molar-refractivity contribution in [2.45, 2.75) is 37.8 Å². The van der Waals surface area contributed by atoms with E-state index in [1.54, 1.807) is 0 Å². The molecule has 0 aromatic rings. The van der Waals surface area contributed by atoms with E-state index in [4.69, 9.17) is 21.8 Å². The van der Waals surface area contributed by atoms with Gasteiger partial charge in [0.2, 0.25) is 5.91 Å². The molecule has 0 aromatic heterocycles. The minimum atomic E-state index is -1.02. The molecule has 2 atom stereocenters. The smallest absolute Gasteiger partial charge is 0.320 e. The Labute approximate surface area is 105 Å². The standard InChI is InChI=1S/C10H21N3O5/c11-6-7(18-17)5-9(14)13-4-2-1-3-8(12)10(15)16/h7-8,17H,1-6,11-12H2,(H,13,14)(H,15,16). The maximum atomic E-state index is 11.3. The van der Waals surface area contributed by atoms with Crippen molar-refractivity contribution in [1.29, 1.82) is 0 Å². The third-order valence-corrected chi connectivity index (χ3v) is 2.41.